The molecule has 0 saturated carbocycles. The molecule has 0 aliphatic rings. The molecular formula is C21H25NO3. The van der Waals surface area contributed by atoms with Crippen LogP contribution in [0.5, 0.6) is 11.5 Å². The van der Waals surface area contributed by atoms with Gasteiger partial charge in [0.1, 0.15) is 0 Å². The van der Waals surface area contributed by atoms with Crippen molar-refractivity contribution in [3.8, 4) is 11.5 Å². The number of carbonyl (C=O) groups is 1. The molecule has 4 heteroatoms. The number of hydrogen-bond acceptors (Lipinski definition) is 3. The second kappa shape index (κ2) is 9.52. The lowest BCUT2D eigenvalue weighted by atomic mass is 10.1. The van der Waals surface area contributed by atoms with E-state index in [2.05, 4.69) is 12.2 Å². The van der Waals surface area contributed by atoms with Gasteiger partial charge in [0.25, 0.3) is 0 Å². The van der Waals surface area contributed by atoms with Gasteiger partial charge in [-0.15, -0.1) is 0 Å². The predicted molar refractivity (Wildman–Crippen MR) is 101 cm³/mol. The van der Waals surface area contributed by atoms with Gasteiger partial charge in [-0.1, -0.05) is 42.8 Å². The number of amides is 1. The molecule has 0 saturated heterocycles. The van der Waals surface area contributed by atoms with Crippen LogP contribution in [0.2, 0.25) is 0 Å². The Morgan fingerprint density at radius 2 is 1.88 bits per heavy atom. The van der Waals surface area contributed by atoms with E-state index in [1.807, 2.05) is 49.4 Å². The second-order valence-corrected chi connectivity index (χ2v) is 5.80. The first-order chi connectivity index (χ1) is 12.1. The van der Waals surface area contributed by atoms with E-state index in [9.17, 15) is 4.79 Å². The smallest absolute Gasteiger partial charge is 0.244 e. The van der Waals surface area contributed by atoms with Crippen LogP contribution in [0, 0.1) is 6.92 Å². The molecule has 0 fully saturated rings. The number of rotatable bonds is 8. The number of methoxy groups -OCH3 is 1. The fourth-order valence-corrected chi connectivity index (χ4v) is 2.25. The lowest BCUT2D eigenvalue weighted by Gasteiger charge is -2.10. The molecule has 0 aliphatic heterocycles. The molecule has 4 nitrogen and oxygen atoms in total. The monoisotopic (exact) mass is 339 g/mol. The van der Waals surface area contributed by atoms with Crippen LogP contribution in [0.25, 0.3) is 6.08 Å². The van der Waals surface area contributed by atoms with Crippen LogP contribution in [0.3, 0.4) is 0 Å². The zero-order chi connectivity index (χ0) is 18.1. The van der Waals surface area contributed by atoms with Gasteiger partial charge < -0.3 is 14.8 Å². The van der Waals surface area contributed by atoms with E-state index in [0.29, 0.717) is 24.7 Å². The van der Waals surface area contributed by atoms with E-state index in [1.165, 1.54) is 11.6 Å². The Kier molecular flexibility index (Phi) is 7.08. The summed E-state index contributed by atoms with van der Waals surface area (Å²) in [6.07, 6.45) is 4.22. The Labute approximate surface area is 149 Å². The van der Waals surface area contributed by atoms with E-state index < -0.39 is 0 Å². The Hall–Kier alpha value is -2.75. The Morgan fingerprint density at radius 3 is 2.56 bits per heavy atom. The lowest BCUT2D eigenvalue weighted by Crippen LogP contribution is -2.20. The SMILES string of the molecule is CCCOc1ccc(/C=C/C(=O)NCc2ccc(C)cc2)cc1OC. The third kappa shape index (κ3) is 5.99. The highest BCUT2D eigenvalue weighted by molar-refractivity contribution is 5.91. The van der Waals surface area contributed by atoms with Crippen molar-refractivity contribution in [1.29, 1.82) is 0 Å². The fourth-order valence-electron chi connectivity index (χ4n) is 2.25. The average molecular weight is 339 g/mol. The van der Waals surface area contributed by atoms with E-state index >= 15 is 0 Å². The molecule has 0 bridgehead atoms. The number of carbonyl (C=O) groups excluding carboxylic acids is 1. The minimum Gasteiger partial charge on any atom is -0.493 e. The third-order valence-electron chi connectivity index (χ3n) is 3.66. The van der Waals surface area contributed by atoms with Gasteiger partial charge in [0.2, 0.25) is 5.91 Å². The second-order valence-electron chi connectivity index (χ2n) is 5.80. The van der Waals surface area contributed by atoms with Gasteiger partial charge in [-0.25, -0.2) is 0 Å². The topological polar surface area (TPSA) is 47.6 Å². The lowest BCUT2D eigenvalue weighted by molar-refractivity contribution is -0.116. The van der Waals surface area contributed by atoms with Gasteiger partial charge in [0.15, 0.2) is 11.5 Å². The van der Waals surface area contributed by atoms with Gasteiger partial charge >= 0.3 is 0 Å². The van der Waals surface area contributed by atoms with Crippen LogP contribution in [0.1, 0.15) is 30.0 Å². The maximum Gasteiger partial charge on any atom is 0.244 e. The van der Waals surface area contributed by atoms with Crippen LogP contribution in [0.15, 0.2) is 48.5 Å². The standard InChI is InChI=1S/C21H25NO3/c1-4-13-25-19-11-9-17(14-20(19)24-3)10-12-21(23)22-15-18-7-5-16(2)6-8-18/h5-12,14H,4,13,15H2,1-3H3,(H,22,23)/b12-10+. The summed E-state index contributed by atoms with van der Waals surface area (Å²) in [7, 11) is 1.61. The van der Waals surface area contributed by atoms with Crippen molar-refractivity contribution in [2.24, 2.45) is 0 Å². The first-order valence-corrected chi connectivity index (χ1v) is 8.44. The maximum absolute atomic E-state index is 12.0. The first kappa shape index (κ1) is 18.6. The van der Waals surface area contributed by atoms with Crippen molar-refractivity contribution >= 4 is 12.0 Å². The van der Waals surface area contributed by atoms with Gasteiger partial charge in [0, 0.05) is 12.6 Å². The molecule has 0 atom stereocenters. The van der Waals surface area contributed by atoms with Crippen molar-refractivity contribution < 1.29 is 14.3 Å². The molecule has 0 spiro atoms. The Bertz CT molecular complexity index is 720. The zero-order valence-corrected chi connectivity index (χ0v) is 15.0. The highest BCUT2D eigenvalue weighted by Crippen LogP contribution is 2.28. The molecule has 0 aliphatic carbocycles. The van der Waals surface area contributed by atoms with Crippen molar-refractivity contribution in [3.05, 3.63) is 65.2 Å². The van der Waals surface area contributed by atoms with Crippen molar-refractivity contribution in [1.82, 2.24) is 5.32 Å². The number of hydrogen-bond donors (Lipinski definition) is 1. The summed E-state index contributed by atoms with van der Waals surface area (Å²) in [4.78, 5) is 12.0. The highest BCUT2D eigenvalue weighted by Gasteiger charge is 2.04. The molecule has 25 heavy (non-hydrogen) atoms. The Morgan fingerprint density at radius 1 is 1.12 bits per heavy atom. The molecule has 2 aromatic rings. The molecule has 2 rings (SSSR count). The van der Waals surface area contributed by atoms with Crippen molar-refractivity contribution in [2.45, 2.75) is 26.8 Å². The maximum atomic E-state index is 12.0. The number of aryl methyl sites for hydroxylation is 1. The summed E-state index contributed by atoms with van der Waals surface area (Å²) in [5.74, 6) is 1.24. The van der Waals surface area contributed by atoms with Gasteiger partial charge in [-0.05, 0) is 42.7 Å². The zero-order valence-electron chi connectivity index (χ0n) is 15.0. The largest absolute Gasteiger partial charge is 0.493 e. The minimum absolute atomic E-state index is 0.133. The van der Waals surface area contributed by atoms with E-state index in [4.69, 9.17) is 9.47 Å². The summed E-state index contributed by atoms with van der Waals surface area (Å²) in [6, 6.07) is 13.7. The van der Waals surface area contributed by atoms with Crippen LogP contribution in [0.4, 0.5) is 0 Å². The molecular weight excluding hydrogens is 314 g/mol. The summed E-state index contributed by atoms with van der Waals surface area (Å²) in [6.45, 7) is 5.25. The molecule has 0 radical (unpaired) electrons. The Balaban J connectivity index is 1.93. The molecule has 132 valence electrons. The van der Waals surface area contributed by atoms with Crippen LogP contribution >= 0.6 is 0 Å². The molecule has 0 unspecified atom stereocenters. The van der Waals surface area contributed by atoms with Crippen LogP contribution in [-0.4, -0.2) is 19.6 Å². The van der Waals surface area contributed by atoms with E-state index in [1.54, 1.807) is 13.2 Å². The first-order valence-electron chi connectivity index (χ1n) is 8.44. The summed E-state index contributed by atoms with van der Waals surface area (Å²) in [5, 5.41) is 2.87. The third-order valence-corrected chi connectivity index (χ3v) is 3.66. The number of nitrogens with one attached hydrogen (secondary N) is 1. The quantitative estimate of drug-likeness (QED) is 0.736. The van der Waals surface area contributed by atoms with E-state index in [-0.39, 0.29) is 5.91 Å². The molecule has 2 aromatic carbocycles. The summed E-state index contributed by atoms with van der Waals surface area (Å²) in [5.41, 5.74) is 3.16. The summed E-state index contributed by atoms with van der Waals surface area (Å²) < 4.78 is 11.0. The van der Waals surface area contributed by atoms with Crippen molar-refractivity contribution in [3.63, 3.8) is 0 Å². The molecule has 1 N–H and O–H groups in total. The predicted octanol–water partition coefficient (Wildman–Crippen LogP) is 4.12. The van der Waals surface area contributed by atoms with Gasteiger partial charge in [-0.3, -0.25) is 4.79 Å². The van der Waals surface area contributed by atoms with Gasteiger partial charge in [-0.2, -0.15) is 0 Å². The molecule has 1 amide bonds. The normalized spacial score (nSPS) is 10.7. The van der Waals surface area contributed by atoms with Gasteiger partial charge in [0.05, 0.1) is 13.7 Å². The highest BCUT2D eigenvalue weighted by atomic mass is 16.5. The van der Waals surface area contributed by atoms with Crippen molar-refractivity contribution in [2.75, 3.05) is 13.7 Å². The fraction of sp³-hybridized carbons (Fsp3) is 0.286. The minimum atomic E-state index is -0.133. The summed E-state index contributed by atoms with van der Waals surface area (Å²) >= 11 is 0. The van der Waals surface area contributed by atoms with Crippen LogP contribution < -0.4 is 14.8 Å². The number of benzene rings is 2. The van der Waals surface area contributed by atoms with E-state index in [0.717, 1.165) is 17.5 Å². The molecule has 0 aromatic heterocycles. The average Bonchev–Trinajstić information content (AvgIpc) is 2.64. The molecule has 0 heterocycles. The number of ether oxygens (including phenoxy) is 2. The van der Waals surface area contributed by atoms with Crippen LogP contribution in [-0.2, 0) is 11.3 Å².